The highest BCUT2D eigenvalue weighted by Gasteiger charge is 2.21. The van der Waals surface area contributed by atoms with Gasteiger partial charge in [-0.3, -0.25) is 4.40 Å². The first-order valence-corrected chi connectivity index (χ1v) is 7.85. The van der Waals surface area contributed by atoms with Crippen molar-refractivity contribution in [3.05, 3.63) is 47.1 Å². The molecule has 6 nitrogen and oxygen atoms in total. The van der Waals surface area contributed by atoms with Crippen LogP contribution in [0, 0.1) is 0 Å². The number of carbonyl (C=O) groups excluding carboxylic acids is 2. The van der Waals surface area contributed by atoms with E-state index in [4.69, 9.17) is 9.47 Å². The molecule has 7 heteroatoms. The van der Waals surface area contributed by atoms with Crippen LogP contribution in [0.2, 0.25) is 0 Å². The second-order valence-corrected chi connectivity index (χ2v) is 5.55. The molecule has 0 aliphatic heterocycles. The van der Waals surface area contributed by atoms with E-state index in [-0.39, 0.29) is 12.3 Å². The van der Waals surface area contributed by atoms with Crippen molar-refractivity contribution in [1.82, 2.24) is 9.38 Å². The van der Waals surface area contributed by atoms with Crippen molar-refractivity contribution in [2.75, 3.05) is 13.7 Å². The lowest BCUT2D eigenvalue weighted by Gasteiger charge is -2.02. The van der Waals surface area contributed by atoms with Gasteiger partial charge in [0.1, 0.15) is 10.7 Å². The number of esters is 2. The van der Waals surface area contributed by atoms with E-state index in [1.165, 1.54) is 18.4 Å². The molecule has 3 rings (SSSR count). The molecule has 0 atom stereocenters. The van der Waals surface area contributed by atoms with Crippen molar-refractivity contribution < 1.29 is 19.1 Å². The van der Waals surface area contributed by atoms with Crippen molar-refractivity contribution >= 4 is 28.1 Å². The topological polar surface area (TPSA) is 69.9 Å². The van der Waals surface area contributed by atoms with Gasteiger partial charge in [-0.15, -0.1) is 11.3 Å². The van der Waals surface area contributed by atoms with Crippen molar-refractivity contribution in [3.8, 4) is 11.4 Å². The Morgan fingerprint density at radius 1 is 1.30 bits per heavy atom. The van der Waals surface area contributed by atoms with Gasteiger partial charge >= 0.3 is 11.9 Å². The summed E-state index contributed by atoms with van der Waals surface area (Å²) in [6, 6.07) is 6.93. The van der Waals surface area contributed by atoms with E-state index in [9.17, 15) is 9.59 Å². The number of hydrogen-bond donors (Lipinski definition) is 0. The fraction of sp³-hybridized carbons (Fsp3) is 0.188. The molecule has 0 saturated heterocycles. The highest BCUT2D eigenvalue weighted by atomic mass is 32.1. The van der Waals surface area contributed by atoms with Gasteiger partial charge in [-0.25, -0.2) is 14.6 Å². The molecular weight excluding hydrogens is 316 g/mol. The fourth-order valence-corrected chi connectivity index (χ4v) is 3.08. The number of aromatic nitrogens is 2. The summed E-state index contributed by atoms with van der Waals surface area (Å²) in [7, 11) is 1.33. The quantitative estimate of drug-likeness (QED) is 0.688. The van der Waals surface area contributed by atoms with Crippen LogP contribution in [0.3, 0.4) is 0 Å². The summed E-state index contributed by atoms with van der Waals surface area (Å²) in [5.74, 6) is -0.298. The normalized spacial score (nSPS) is 10.7. The number of hydrogen-bond acceptors (Lipinski definition) is 6. The number of thiazole rings is 1. The third kappa shape index (κ3) is 2.70. The van der Waals surface area contributed by atoms with E-state index in [1.807, 2.05) is 22.0 Å². The van der Waals surface area contributed by atoms with Crippen LogP contribution in [-0.4, -0.2) is 35.0 Å². The van der Waals surface area contributed by atoms with Gasteiger partial charge in [-0.2, -0.15) is 0 Å². The van der Waals surface area contributed by atoms with E-state index in [1.54, 1.807) is 25.1 Å². The SMILES string of the molecule is CCOC(=O)c1nc(-c2cccc(C(=O)OC)c2)n2ccsc12. The molecule has 0 saturated carbocycles. The highest BCUT2D eigenvalue weighted by Crippen LogP contribution is 2.27. The summed E-state index contributed by atoms with van der Waals surface area (Å²) < 4.78 is 11.6. The van der Waals surface area contributed by atoms with Crippen LogP contribution < -0.4 is 0 Å². The summed E-state index contributed by atoms with van der Waals surface area (Å²) in [4.78, 5) is 28.9. The van der Waals surface area contributed by atoms with Gasteiger partial charge in [0, 0.05) is 17.1 Å². The fourth-order valence-electron chi connectivity index (χ4n) is 2.26. The second kappa shape index (κ2) is 6.21. The van der Waals surface area contributed by atoms with Gasteiger partial charge in [0.05, 0.1) is 19.3 Å². The van der Waals surface area contributed by atoms with Gasteiger partial charge in [0.25, 0.3) is 0 Å². The number of methoxy groups -OCH3 is 1. The Balaban J connectivity index is 2.12. The van der Waals surface area contributed by atoms with Crippen molar-refractivity contribution in [2.24, 2.45) is 0 Å². The first kappa shape index (κ1) is 15.2. The molecule has 2 aromatic heterocycles. The van der Waals surface area contributed by atoms with Crippen LogP contribution in [0.4, 0.5) is 0 Å². The maximum Gasteiger partial charge on any atom is 0.360 e. The Labute approximate surface area is 136 Å². The number of carbonyl (C=O) groups is 2. The smallest absolute Gasteiger partial charge is 0.360 e. The molecule has 0 amide bonds. The first-order chi connectivity index (χ1) is 11.2. The number of ether oxygens (including phenoxy) is 2. The monoisotopic (exact) mass is 330 g/mol. The Hall–Kier alpha value is -2.67. The van der Waals surface area contributed by atoms with Gasteiger partial charge in [0.15, 0.2) is 5.69 Å². The standard InChI is InChI=1S/C16H14N2O4S/c1-3-22-16(20)12-14-18(7-8-23-14)13(17-12)10-5-4-6-11(9-10)15(19)21-2/h4-9H,3H2,1-2H3. The summed E-state index contributed by atoms with van der Waals surface area (Å²) in [5.41, 5.74) is 1.42. The van der Waals surface area contributed by atoms with Crippen LogP contribution in [0.25, 0.3) is 16.2 Å². The van der Waals surface area contributed by atoms with Crippen molar-refractivity contribution in [2.45, 2.75) is 6.92 Å². The number of rotatable bonds is 4. The summed E-state index contributed by atoms with van der Waals surface area (Å²) in [5, 5.41) is 1.87. The predicted molar refractivity (Wildman–Crippen MR) is 85.8 cm³/mol. The summed E-state index contributed by atoms with van der Waals surface area (Å²) >= 11 is 1.41. The Kier molecular flexibility index (Phi) is 4.12. The average molecular weight is 330 g/mol. The third-order valence-electron chi connectivity index (χ3n) is 3.27. The summed E-state index contributed by atoms with van der Waals surface area (Å²) in [6.07, 6.45) is 1.83. The van der Waals surface area contributed by atoms with Crippen LogP contribution in [0.1, 0.15) is 27.8 Å². The summed E-state index contributed by atoms with van der Waals surface area (Å²) in [6.45, 7) is 2.04. The Bertz CT molecular complexity index is 881. The molecule has 3 aromatic rings. The van der Waals surface area contributed by atoms with E-state index in [0.29, 0.717) is 16.2 Å². The molecule has 0 aliphatic rings. The molecule has 0 bridgehead atoms. The molecule has 1 aromatic carbocycles. The number of benzene rings is 1. The molecule has 118 valence electrons. The lowest BCUT2D eigenvalue weighted by molar-refractivity contribution is 0.0521. The molecular formula is C16H14N2O4S. The Morgan fingerprint density at radius 2 is 2.13 bits per heavy atom. The number of fused-ring (bicyclic) bond motifs is 1. The third-order valence-corrected chi connectivity index (χ3v) is 4.14. The molecule has 2 heterocycles. The van der Waals surface area contributed by atoms with Crippen molar-refractivity contribution in [3.63, 3.8) is 0 Å². The van der Waals surface area contributed by atoms with E-state index in [0.717, 1.165) is 5.56 Å². The zero-order valence-electron chi connectivity index (χ0n) is 12.6. The lowest BCUT2D eigenvalue weighted by Crippen LogP contribution is -2.05. The van der Waals surface area contributed by atoms with Crippen LogP contribution in [0.15, 0.2) is 35.8 Å². The van der Waals surface area contributed by atoms with Crippen molar-refractivity contribution in [1.29, 1.82) is 0 Å². The Morgan fingerprint density at radius 3 is 2.87 bits per heavy atom. The maximum absolute atomic E-state index is 12.1. The van der Waals surface area contributed by atoms with E-state index < -0.39 is 11.9 Å². The van der Waals surface area contributed by atoms with Gasteiger partial charge in [-0.05, 0) is 19.1 Å². The average Bonchev–Trinajstić information content (AvgIpc) is 3.16. The molecule has 0 spiro atoms. The van der Waals surface area contributed by atoms with Crippen LogP contribution >= 0.6 is 11.3 Å². The molecule has 0 N–H and O–H groups in total. The number of nitrogens with zero attached hydrogens (tertiary/aromatic N) is 2. The van der Waals surface area contributed by atoms with Gasteiger partial charge < -0.3 is 9.47 Å². The second-order valence-electron chi connectivity index (χ2n) is 4.66. The molecule has 23 heavy (non-hydrogen) atoms. The molecule has 0 fully saturated rings. The minimum Gasteiger partial charge on any atom is -0.465 e. The van der Waals surface area contributed by atoms with Gasteiger partial charge in [0.2, 0.25) is 0 Å². The number of imidazole rings is 1. The maximum atomic E-state index is 12.1. The largest absolute Gasteiger partial charge is 0.465 e. The van der Waals surface area contributed by atoms with E-state index in [2.05, 4.69) is 4.98 Å². The molecule has 0 radical (unpaired) electrons. The first-order valence-electron chi connectivity index (χ1n) is 6.97. The zero-order chi connectivity index (χ0) is 16.4. The van der Waals surface area contributed by atoms with Crippen LogP contribution in [-0.2, 0) is 9.47 Å². The minimum absolute atomic E-state index is 0.278. The highest BCUT2D eigenvalue weighted by molar-refractivity contribution is 7.15. The van der Waals surface area contributed by atoms with E-state index >= 15 is 0 Å². The molecule has 0 aliphatic carbocycles. The lowest BCUT2D eigenvalue weighted by atomic mass is 10.1. The molecule has 0 unspecified atom stereocenters. The van der Waals surface area contributed by atoms with Crippen LogP contribution in [0.5, 0.6) is 0 Å². The predicted octanol–water partition coefficient (Wildman–Crippen LogP) is 3.03. The van der Waals surface area contributed by atoms with Gasteiger partial charge in [-0.1, -0.05) is 12.1 Å². The zero-order valence-corrected chi connectivity index (χ0v) is 13.4. The minimum atomic E-state index is -0.456.